The van der Waals surface area contributed by atoms with Crippen molar-refractivity contribution in [3.05, 3.63) is 47.0 Å². The van der Waals surface area contributed by atoms with Gasteiger partial charge in [0, 0.05) is 12.0 Å². The summed E-state index contributed by atoms with van der Waals surface area (Å²) in [5, 5.41) is 48.4. The number of allylic oxidation sites excluding steroid dienone is 2. The Morgan fingerprint density at radius 2 is 1.83 bits per heavy atom. The number of rotatable bonds is 8. The first kappa shape index (κ1) is 29.4. The van der Waals surface area contributed by atoms with Crippen molar-refractivity contribution < 1.29 is 39.6 Å². The largest absolute Gasteiger partial charge is 0.478 e. The van der Waals surface area contributed by atoms with E-state index in [1.165, 1.54) is 17.7 Å². The second kappa shape index (κ2) is 11.0. The third-order valence-corrected chi connectivity index (χ3v) is 10.7. The summed E-state index contributed by atoms with van der Waals surface area (Å²) in [5.74, 6) is -1.61. The number of hydrogen-bond acceptors (Lipinski definition) is 8. The number of fused-ring (bicyclic) bond motifs is 5. The van der Waals surface area contributed by atoms with Gasteiger partial charge in [-0.2, -0.15) is 0 Å². The minimum atomic E-state index is -1.60. The lowest BCUT2D eigenvalue weighted by Crippen LogP contribution is -2.62. The van der Waals surface area contributed by atoms with Gasteiger partial charge in [-0.25, -0.2) is 4.79 Å². The Labute approximate surface area is 239 Å². The number of nitrogens with one attached hydrogen (secondary N) is 1. The molecule has 1 aromatic carbocycles. The maximum atomic E-state index is 12.6. The standard InChI is InChI=1S/C31H40N2O8/c1-29-11-9-21(33-41-17-26(37)32-15-18-3-5-19(6-4-18)28(38)39)13-20(29)7-8-22-23-10-12-31(40,25(36)16-34)30(23,2)14-24(35)27(22)29/h3-6,13,22-24,27,34-35,40H,7-12,14-17H2,1-2H3,(H,32,37)(H,38,39)/b33-21-/t22?,23?,24?,27?,29-,30-,31-/m0/s1. The summed E-state index contributed by atoms with van der Waals surface area (Å²) in [6, 6.07) is 6.27. The fraction of sp³-hybridized carbons (Fsp3) is 0.613. The molecule has 5 rings (SSSR count). The topological polar surface area (TPSA) is 166 Å². The van der Waals surface area contributed by atoms with E-state index < -0.39 is 35.5 Å². The zero-order valence-electron chi connectivity index (χ0n) is 23.6. The van der Waals surface area contributed by atoms with Crippen molar-refractivity contribution >= 4 is 23.4 Å². The summed E-state index contributed by atoms with van der Waals surface area (Å²) >= 11 is 0. The van der Waals surface area contributed by atoms with Crippen LogP contribution < -0.4 is 5.32 Å². The van der Waals surface area contributed by atoms with E-state index in [4.69, 9.17) is 9.94 Å². The Morgan fingerprint density at radius 1 is 1.10 bits per heavy atom. The molecular formula is C31H40N2O8. The maximum Gasteiger partial charge on any atom is 0.335 e. The number of aliphatic hydroxyl groups is 3. The van der Waals surface area contributed by atoms with E-state index in [-0.39, 0.29) is 47.8 Å². The number of Topliss-reactive ketones (excluding diaryl/α,β-unsaturated/α-hetero) is 1. The van der Waals surface area contributed by atoms with Crippen LogP contribution in [0.3, 0.4) is 0 Å². The molecule has 0 spiro atoms. The van der Waals surface area contributed by atoms with Gasteiger partial charge in [0.25, 0.3) is 5.91 Å². The van der Waals surface area contributed by atoms with Gasteiger partial charge in [0.15, 0.2) is 12.4 Å². The smallest absolute Gasteiger partial charge is 0.335 e. The van der Waals surface area contributed by atoms with Crippen LogP contribution in [0.4, 0.5) is 0 Å². The van der Waals surface area contributed by atoms with Gasteiger partial charge in [-0.1, -0.05) is 36.7 Å². The molecule has 0 radical (unpaired) electrons. The highest BCUT2D eigenvalue weighted by Crippen LogP contribution is 2.67. The molecule has 4 aliphatic rings. The SMILES string of the molecule is C[C@]12CC/C(=N/OCC(=O)NCc3ccc(C(=O)O)cc3)C=C1CCC1C2C(O)C[C@@]2(C)C1CC[C@]2(O)C(=O)CO. The van der Waals surface area contributed by atoms with E-state index in [9.17, 15) is 29.7 Å². The number of benzene rings is 1. The molecule has 7 atom stereocenters. The molecule has 3 saturated carbocycles. The monoisotopic (exact) mass is 568 g/mol. The van der Waals surface area contributed by atoms with Crippen molar-refractivity contribution in [3.8, 4) is 0 Å². The average Bonchev–Trinajstić information content (AvgIpc) is 3.22. The first-order valence-corrected chi connectivity index (χ1v) is 14.5. The van der Waals surface area contributed by atoms with Crippen molar-refractivity contribution in [2.45, 2.75) is 77.0 Å². The first-order chi connectivity index (χ1) is 19.4. The van der Waals surface area contributed by atoms with Crippen molar-refractivity contribution in [1.82, 2.24) is 5.32 Å². The van der Waals surface area contributed by atoms with Crippen LogP contribution in [0.2, 0.25) is 0 Å². The lowest BCUT2D eigenvalue weighted by molar-refractivity contribution is -0.181. The number of carboxylic acid groups (broad SMARTS) is 1. The second-order valence-corrected chi connectivity index (χ2v) is 12.7. The van der Waals surface area contributed by atoms with Gasteiger partial charge >= 0.3 is 5.97 Å². The third kappa shape index (κ3) is 5.00. The molecule has 0 aliphatic heterocycles. The van der Waals surface area contributed by atoms with Crippen molar-refractivity contribution in [2.24, 2.45) is 33.7 Å². The number of oxime groups is 1. The van der Waals surface area contributed by atoms with E-state index >= 15 is 0 Å². The minimum Gasteiger partial charge on any atom is -0.478 e. The van der Waals surface area contributed by atoms with Gasteiger partial charge in [-0.05, 0) is 91.9 Å². The predicted octanol–water partition coefficient (Wildman–Crippen LogP) is 2.60. The molecule has 0 bridgehead atoms. The zero-order valence-corrected chi connectivity index (χ0v) is 23.6. The van der Waals surface area contributed by atoms with Crippen molar-refractivity contribution in [2.75, 3.05) is 13.2 Å². The molecule has 3 fully saturated rings. The Bertz CT molecular complexity index is 1280. The maximum absolute atomic E-state index is 12.6. The summed E-state index contributed by atoms with van der Waals surface area (Å²) < 4.78 is 0. The number of aromatic carboxylic acids is 1. The number of nitrogens with zero attached hydrogens (tertiary/aromatic N) is 1. The summed E-state index contributed by atoms with van der Waals surface area (Å²) in [5.41, 5.74) is 0.323. The highest BCUT2D eigenvalue weighted by molar-refractivity contribution is 5.96. The average molecular weight is 569 g/mol. The molecule has 0 aromatic heterocycles. The number of ketones is 1. The highest BCUT2D eigenvalue weighted by Gasteiger charge is 2.68. The molecule has 10 nitrogen and oxygen atoms in total. The van der Waals surface area contributed by atoms with E-state index in [1.807, 2.05) is 13.0 Å². The Kier molecular flexibility index (Phi) is 7.86. The molecule has 41 heavy (non-hydrogen) atoms. The molecule has 222 valence electrons. The van der Waals surface area contributed by atoms with Crippen LogP contribution in [-0.4, -0.2) is 68.7 Å². The number of aliphatic hydroxyl groups excluding tert-OH is 2. The fourth-order valence-electron chi connectivity index (χ4n) is 8.56. The second-order valence-electron chi connectivity index (χ2n) is 12.7. The Hall–Kier alpha value is -3.08. The number of amides is 1. The summed E-state index contributed by atoms with van der Waals surface area (Å²) in [7, 11) is 0. The van der Waals surface area contributed by atoms with Crippen LogP contribution in [-0.2, 0) is 21.0 Å². The molecule has 5 N–H and O–H groups in total. The number of carbonyl (C=O) groups is 3. The van der Waals surface area contributed by atoms with E-state index in [0.717, 1.165) is 30.5 Å². The summed E-state index contributed by atoms with van der Waals surface area (Å²) in [6.07, 6.45) is 5.81. The fourth-order valence-corrected chi connectivity index (χ4v) is 8.56. The lowest BCUT2D eigenvalue weighted by Gasteiger charge is -2.60. The lowest BCUT2D eigenvalue weighted by atomic mass is 9.45. The van der Waals surface area contributed by atoms with Gasteiger partial charge < -0.3 is 30.6 Å². The van der Waals surface area contributed by atoms with Gasteiger partial charge in [-0.15, -0.1) is 0 Å². The summed E-state index contributed by atoms with van der Waals surface area (Å²) in [6.45, 7) is 3.44. The van der Waals surface area contributed by atoms with E-state index in [0.29, 0.717) is 25.7 Å². The molecule has 1 aromatic rings. The van der Waals surface area contributed by atoms with Gasteiger partial charge in [-0.3, -0.25) is 9.59 Å². The quantitative estimate of drug-likeness (QED) is 0.299. The third-order valence-electron chi connectivity index (χ3n) is 10.7. The summed E-state index contributed by atoms with van der Waals surface area (Å²) in [4.78, 5) is 41.2. The van der Waals surface area contributed by atoms with Crippen LogP contribution in [0.5, 0.6) is 0 Å². The molecule has 0 saturated heterocycles. The van der Waals surface area contributed by atoms with Crippen LogP contribution in [0.1, 0.15) is 74.7 Å². The van der Waals surface area contributed by atoms with Crippen molar-refractivity contribution in [3.63, 3.8) is 0 Å². The van der Waals surface area contributed by atoms with Gasteiger partial charge in [0.2, 0.25) is 0 Å². The van der Waals surface area contributed by atoms with Crippen LogP contribution in [0.15, 0.2) is 41.1 Å². The van der Waals surface area contributed by atoms with E-state index in [1.54, 1.807) is 12.1 Å². The molecule has 10 heteroatoms. The Balaban J connectivity index is 1.21. The number of carboxylic acids is 1. The normalized spacial score (nSPS) is 36.9. The van der Waals surface area contributed by atoms with Crippen LogP contribution in [0.25, 0.3) is 0 Å². The van der Waals surface area contributed by atoms with Gasteiger partial charge in [0.1, 0.15) is 12.2 Å². The number of hydrogen-bond donors (Lipinski definition) is 5. The molecule has 4 unspecified atom stereocenters. The Morgan fingerprint density at radius 3 is 2.51 bits per heavy atom. The van der Waals surface area contributed by atoms with Crippen LogP contribution >= 0.6 is 0 Å². The van der Waals surface area contributed by atoms with Crippen LogP contribution in [0, 0.1) is 28.6 Å². The molecule has 4 aliphatic carbocycles. The van der Waals surface area contributed by atoms with Crippen molar-refractivity contribution in [1.29, 1.82) is 0 Å². The van der Waals surface area contributed by atoms with E-state index in [2.05, 4.69) is 17.4 Å². The first-order valence-electron chi connectivity index (χ1n) is 14.5. The minimum absolute atomic E-state index is 0.00460. The molecule has 0 heterocycles. The number of carbonyl (C=O) groups excluding carboxylic acids is 2. The van der Waals surface area contributed by atoms with Gasteiger partial charge in [0.05, 0.1) is 17.4 Å². The zero-order chi connectivity index (χ0) is 29.6. The highest BCUT2D eigenvalue weighted by atomic mass is 16.6. The predicted molar refractivity (Wildman–Crippen MR) is 149 cm³/mol. The molecular weight excluding hydrogens is 528 g/mol. The molecule has 1 amide bonds.